The number of methoxy groups -OCH3 is 1. The number of hydrogen-bond donors (Lipinski definition) is 2. The van der Waals surface area contributed by atoms with E-state index in [0.717, 1.165) is 12.0 Å². The number of nitrogens with one attached hydrogen (secondary N) is 2. The molecule has 0 aliphatic heterocycles. The first-order chi connectivity index (χ1) is 16.3. The molecule has 9 heteroatoms. The molecule has 3 amide bonds. The molecule has 0 aromatic heterocycles. The zero-order valence-corrected chi connectivity index (χ0v) is 22.3. The van der Waals surface area contributed by atoms with Gasteiger partial charge >= 0.3 is 12.1 Å². The Balaban J connectivity index is 3.42. The molecule has 0 spiro atoms. The van der Waals surface area contributed by atoms with Crippen molar-refractivity contribution in [2.75, 3.05) is 20.2 Å². The molecule has 196 valence electrons. The second kappa shape index (κ2) is 13.7. The van der Waals surface area contributed by atoms with E-state index >= 15 is 0 Å². The van der Waals surface area contributed by atoms with Gasteiger partial charge in [0.25, 0.3) is 0 Å². The minimum Gasteiger partial charge on any atom is -0.468 e. The average molecular weight is 492 g/mol. The summed E-state index contributed by atoms with van der Waals surface area (Å²) in [5.41, 5.74) is 0.800. The highest BCUT2D eigenvalue weighted by Crippen LogP contribution is 2.25. The molecule has 0 saturated carbocycles. The first kappa shape index (κ1) is 29.9. The second-order valence-corrected chi connectivity index (χ2v) is 9.86. The van der Waals surface area contributed by atoms with Gasteiger partial charge in [-0.15, -0.1) is 0 Å². The summed E-state index contributed by atoms with van der Waals surface area (Å²) in [5, 5.41) is 5.27. The SMILES string of the molecule is CCCCN(C(=O)C(NC(=O)OC(C)(C)C)C(C)C)C(C(=O)NCC(=O)OC)c1cccc(C)c1. The number of benzene rings is 1. The van der Waals surface area contributed by atoms with Crippen molar-refractivity contribution in [2.24, 2.45) is 5.92 Å². The minimum absolute atomic E-state index is 0.268. The highest BCUT2D eigenvalue weighted by Gasteiger charge is 2.37. The van der Waals surface area contributed by atoms with Crippen molar-refractivity contribution < 1.29 is 28.7 Å². The number of unbranched alkanes of at least 4 members (excludes halogenated alkanes) is 1. The quantitative estimate of drug-likeness (QED) is 0.458. The third-order valence-corrected chi connectivity index (χ3v) is 5.19. The number of aryl methyl sites for hydroxylation is 1. The lowest BCUT2D eigenvalue weighted by atomic mass is 9.97. The zero-order chi connectivity index (χ0) is 26.8. The normalized spacial score (nSPS) is 12.9. The maximum absolute atomic E-state index is 13.9. The highest BCUT2D eigenvalue weighted by atomic mass is 16.6. The van der Waals surface area contributed by atoms with Crippen molar-refractivity contribution in [2.45, 2.75) is 79.0 Å². The summed E-state index contributed by atoms with van der Waals surface area (Å²) in [6.45, 7) is 12.7. The minimum atomic E-state index is -1.000. The van der Waals surface area contributed by atoms with Crippen molar-refractivity contribution in [1.82, 2.24) is 15.5 Å². The van der Waals surface area contributed by atoms with Gasteiger partial charge < -0.3 is 25.0 Å². The molecule has 1 aromatic rings. The first-order valence-corrected chi connectivity index (χ1v) is 12.0. The Morgan fingerprint density at radius 3 is 2.29 bits per heavy atom. The van der Waals surface area contributed by atoms with Crippen LogP contribution in [0.3, 0.4) is 0 Å². The van der Waals surface area contributed by atoms with Gasteiger partial charge in [0, 0.05) is 6.54 Å². The maximum Gasteiger partial charge on any atom is 0.408 e. The van der Waals surface area contributed by atoms with Gasteiger partial charge in [-0.3, -0.25) is 14.4 Å². The van der Waals surface area contributed by atoms with E-state index in [2.05, 4.69) is 15.4 Å². The molecule has 2 N–H and O–H groups in total. The Bertz CT molecular complexity index is 878. The summed E-state index contributed by atoms with van der Waals surface area (Å²) in [6, 6.07) is 5.40. The monoisotopic (exact) mass is 491 g/mol. The Morgan fingerprint density at radius 1 is 1.11 bits per heavy atom. The zero-order valence-electron chi connectivity index (χ0n) is 22.3. The summed E-state index contributed by atoms with van der Waals surface area (Å²) >= 11 is 0. The molecular formula is C26H41N3O6. The second-order valence-electron chi connectivity index (χ2n) is 9.86. The van der Waals surface area contributed by atoms with E-state index in [1.807, 2.05) is 45.9 Å². The van der Waals surface area contributed by atoms with Crippen molar-refractivity contribution in [3.05, 3.63) is 35.4 Å². The van der Waals surface area contributed by atoms with E-state index in [0.29, 0.717) is 18.5 Å². The van der Waals surface area contributed by atoms with Crippen LogP contribution < -0.4 is 10.6 Å². The van der Waals surface area contributed by atoms with Crippen molar-refractivity contribution in [3.63, 3.8) is 0 Å². The van der Waals surface area contributed by atoms with E-state index < -0.39 is 41.6 Å². The number of ether oxygens (including phenoxy) is 2. The molecule has 2 unspecified atom stereocenters. The Hall–Kier alpha value is -3.10. The van der Waals surface area contributed by atoms with Crippen LogP contribution in [0.5, 0.6) is 0 Å². The molecule has 0 heterocycles. The van der Waals surface area contributed by atoms with E-state index in [1.165, 1.54) is 12.0 Å². The fourth-order valence-corrected chi connectivity index (χ4v) is 3.46. The van der Waals surface area contributed by atoms with Gasteiger partial charge in [0.2, 0.25) is 11.8 Å². The predicted octanol–water partition coefficient (Wildman–Crippen LogP) is 3.50. The Labute approximate surface area is 208 Å². The molecule has 0 aliphatic carbocycles. The number of rotatable bonds is 11. The van der Waals surface area contributed by atoms with E-state index in [9.17, 15) is 19.2 Å². The maximum atomic E-state index is 13.9. The van der Waals surface area contributed by atoms with Crippen LogP contribution >= 0.6 is 0 Å². The summed E-state index contributed by atoms with van der Waals surface area (Å²) < 4.78 is 10.00. The van der Waals surface area contributed by atoms with Gasteiger partial charge in [-0.05, 0) is 45.6 Å². The van der Waals surface area contributed by atoms with Crippen LogP contribution in [0.2, 0.25) is 0 Å². The fourth-order valence-electron chi connectivity index (χ4n) is 3.46. The number of nitrogens with zero attached hydrogens (tertiary/aromatic N) is 1. The molecule has 0 aliphatic rings. The fraction of sp³-hybridized carbons (Fsp3) is 0.615. The molecule has 9 nitrogen and oxygen atoms in total. The van der Waals surface area contributed by atoms with Gasteiger partial charge in [0.15, 0.2) is 0 Å². The van der Waals surface area contributed by atoms with Gasteiger partial charge in [-0.25, -0.2) is 4.79 Å². The molecule has 1 aromatic carbocycles. The standard InChI is InChI=1S/C26H41N3O6/c1-9-10-14-29(24(32)21(17(2)3)28-25(33)35-26(5,6)7)22(19-13-11-12-18(4)15-19)23(31)27-16-20(30)34-8/h11-13,15,17,21-22H,9-10,14,16H2,1-8H3,(H,27,31)(H,28,33). The van der Waals surface area contributed by atoms with Crippen LogP contribution in [0, 0.1) is 12.8 Å². The van der Waals surface area contributed by atoms with Crippen LogP contribution in [-0.2, 0) is 23.9 Å². The highest BCUT2D eigenvalue weighted by molar-refractivity contribution is 5.93. The van der Waals surface area contributed by atoms with E-state index in [-0.39, 0.29) is 12.5 Å². The van der Waals surface area contributed by atoms with Gasteiger partial charge in [0.05, 0.1) is 7.11 Å². The summed E-state index contributed by atoms with van der Waals surface area (Å²) in [4.78, 5) is 52.9. The number of carbonyl (C=O) groups is 4. The lowest BCUT2D eigenvalue weighted by Crippen LogP contribution is -2.55. The van der Waals surface area contributed by atoms with Crippen LogP contribution in [0.4, 0.5) is 4.79 Å². The first-order valence-electron chi connectivity index (χ1n) is 12.0. The molecular weight excluding hydrogens is 450 g/mol. The molecule has 1 rings (SSSR count). The summed E-state index contributed by atoms with van der Waals surface area (Å²) in [5.74, 6) is -1.78. The Kier molecular flexibility index (Phi) is 11.7. The summed E-state index contributed by atoms with van der Waals surface area (Å²) in [7, 11) is 1.24. The Morgan fingerprint density at radius 2 is 1.77 bits per heavy atom. The lowest BCUT2D eigenvalue weighted by molar-refractivity contribution is -0.145. The van der Waals surface area contributed by atoms with Crippen molar-refractivity contribution in [1.29, 1.82) is 0 Å². The average Bonchev–Trinajstić information content (AvgIpc) is 2.76. The van der Waals surface area contributed by atoms with Gasteiger partial charge in [0.1, 0.15) is 24.2 Å². The number of hydrogen-bond acceptors (Lipinski definition) is 6. The van der Waals surface area contributed by atoms with Crippen LogP contribution in [0.25, 0.3) is 0 Å². The topological polar surface area (TPSA) is 114 Å². The van der Waals surface area contributed by atoms with Crippen molar-refractivity contribution in [3.8, 4) is 0 Å². The molecule has 0 radical (unpaired) electrons. The van der Waals surface area contributed by atoms with Gasteiger partial charge in [-0.1, -0.05) is 57.0 Å². The van der Waals surface area contributed by atoms with E-state index in [1.54, 1.807) is 26.8 Å². The number of alkyl carbamates (subject to hydrolysis) is 1. The molecule has 0 saturated heterocycles. The van der Waals surface area contributed by atoms with Crippen LogP contribution in [0.15, 0.2) is 24.3 Å². The lowest BCUT2D eigenvalue weighted by Gasteiger charge is -2.35. The number of esters is 1. The molecule has 0 bridgehead atoms. The largest absolute Gasteiger partial charge is 0.468 e. The molecule has 35 heavy (non-hydrogen) atoms. The van der Waals surface area contributed by atoms with Crippen LogP contribution in [0.1, 0.15) is 71.6 Å². The number of carbonyl (C=O) groups excluding carboxylic acids is 4. The predicted molar refractivity (Wildman–Crippen MR) is 134 cm³/mol. The van der Waals surface area contributed by atoms with Gasteiger partial charge in [-0.2, -0.15) is 0 Å². The summed E-state index contributed by atoms with van der Waals surface area (Å²) in [6.07, 6.45) is 0.734. The third kappa shape index (κ3) is 9.96. The van der Waals surface area contributed by atoms with Crippen molar-refractivity contribution >= 4 is 23.9 Å². The third-order valence-electron chi connectivity index (χ3n) is 5.19. The number of amides is 3. The molecule has 2 atom stereocenters. The molecule has 0 fully saturated rings. The smallest absolute Gasteiger partial charge is 0.408 e. The van der Waals surface area contributed by atoms with Crippen LogP contribution in [-0.4, -0.2) is 60.6 Å². The van der Waals surface area contributed by atoms with E-state index in [4.69, 9.17) is 4.74 Å².